The molecule has 20 heavy (non-hydrogen) atoms. The minimum Gasteiger partial charge on any atom is -0.327 e. The van der Waals surface area contributed by atoms with E-state index in [1.165, 1.54) is 24.8 Å². The molecule has 1 saturated carbocycles. The third kappa shape index (κ3) is 4.32. The van der Waals surface area contributed by atoms with E-state index < -0.39 is 0 Å². The summed E-state index contributed by atoms with van der Waals surface area (Å²) in [5.74, 6) is 0.641. The Labute approximate surface area is 124 Å². The lowest BCUT2D eigenvalue weighted by Gasteiger charge is -2.41. The molecule has 2 nitrogen and oxygen atoms in total. The van der Waals surface area contributed by atoms with E-state index in [1.807, 2.05) is 0 Å². The third-order valence-corrected chi connectivity index (χ3v) is 4.76. The van der Waals surface area contributed by atoms with Crippen molar-refractivity contribution in [3.63, 3.8) is 0 Å². The SMILES string of the molecule is CCN(Cc1ccccc1)CC1CC(C)(C)CCC1N. The maximum Gasteiger partial charge on any atom is 0.0233 e. The summed E-state index contributed by atoms with van der Waals surface area (Å²) in [4.78, 5) is 2.54. The van der Waals surface area contributed by atoms with Gasteiger partial charge in [0.05, 0.1) is 0 Å². The van der Waals surface area contributed by atoms with Crippen molar-refractivity contribution >= 4 is 0 Å². The van der Waals surface area contributed by atoms with Gasteiger partial charge in [-0.05, 0) is 42.7 Å². The Morgan fingerprint density at radius 1 is 1.25 bits per heavy atom. The van der Waals surface area contributed by atoms with Crippen molar-refractivity contribution < 1.29 is 0 Å². The summed E-state index contributed by atoms with van der Waals surface area (Å²) in [7, 11) is 0. The largest absolute Gasteiger partial charge is 0.327 e. The van der Waals surface area contributed by atoms with Gasteiger partial charge in [-0.1, -0.05) is 51.1 Å². The zero-order valence-electron chi connectivity index (χ0n) is 13.3. The van der Waals surface area contributed by atoms with Gasteiger partial charge in [-0.15, -0.1) is 0 Å². The Kier molecular flexibility index (Phi) is 5.22. The average molecular weight is 274 g/mol. The molecule has 112 valence electrons. The molecule has 1 fully saturated rings. The van der Waals surface area contributed by atoms with Crippen LogP contribution >= 0.6 is 0 Å². The monoisotopic (exact) mass is 274 g/mol. The Morgan fingerprint density at radius 2 is 1.95 bits per heavy atom. The van der Waals surface area contributed by atoms with Gasteiger partial charge in [0.15, 0.2) is 0 Å². The Bertz CT molecular complexity index is 399. The fourth-order valence-corrected chi connectivity index (χ4v) is 3.43. The van der Waals surface area contributed by atoms with Crippen LogP contribution in [0.15, 0.2) is 30.3 Å². The second-order valence-corrected chi connectivity index (χ2v) is 7.14. The zero-order chi connectivity index (χ0) is 14.6. The molecule has 1 aromatic rings. The number of hydrogen-bond donors (Lipinski definition) is 1. The highest BCUT2D eigenvalue weighted by molar-refractivity contribution is 5.14. The number of rotatable bonds is 5. The minimum absolute atomic E-state index is 0.382. The molecule has 2 atom stereocenters. The van der Waals surface area contributed by atoms with Crippen LogP contribution in [0.3, 0.4) is 0 Å². The molecule has 2 rings (SSSR count). The molecular weight excluding hydrogens is 244 g/mol. The molecule has 0 spiro atoms. The van der Waals surface area contributed by atoms with Crippen molar-refractivity contribution in [3.8, 4) is 0 Å². The first kappa shape index (κ1) is 15.5. The van der Waals surface area contributed by atoms with E-state index in [0.717, 1.165) is 19.6 Å². The molecule has 1 aliphatic carbocycles. The zero-order valence-corrected chi connectivity index (χ0v) is 13.3. The number of nitrogens with two attached hydrogens (primary N) is 1. The molecule has 0 aromatic heterocycles. The van der Waals surface area contributed by atoms with E-state index in [-0.39, 0.29) is 0 Å². The van der Waals surface area contributed by atoms with Gasteiger partial charge in [0.25, 0.3) is 0 Å². The van der Waals surface area contributed by atoms with Crippen LogP contribution in [0.5, 0.6) is 0 Å². The van der Waals surface area contributed by atoms with Crippen molar-refractivity contribution in [2.45, 2.75) is 52.6 Å². The second kappa shape index (κ2) is 6.73. The quantitative estimate of drug-likeness (QED) is 0.888. The van der Waals surface area contributed by atoms with Crippen LogP contribution in [-0.4, -0.2) is 24.0 Å². The Hall–Kier alpha value is -0.860. The summed E-state index contributed by atoms with van der Waals surface area (Å²) >= 11 is 0. The predicted molar refractivity (Wildman–Crippen MR) is 86.5 cm³/mol. The summed E-state index contributed by atoms with van der Waals surface area (Å²) in [6, 6.07) is 11.1. The van der Waals surface area contributed by atoms with E-state index in [0.29, 0.717) is 17.4 Å². The highest BCUT2D eigenvalue weighted by Crippen LogP contribution is 2.38. The first-order valence-corrected chi connectivity index (χ1v) is 8.02. The lowest BCUT2D eigenvalue weighted by molar-refractivity contribution is 0.114. The highest BCUT2D eigenvalue weighted by atomic mass is 15.1. The van der Waals surface area contributed by atoms with Crippen LogP contribution in [0.2, 0.25) is 0 Å². The molecule has 2 unspecified atom stereocenters. The summed E-state index contributed by atoms with van der Waals surface area (Å²) in [5, 5.41) is 0. The summed E-state index contributed by atoms with van der Waals surface area (Å²) in [6.07, 6.45) is 3.72. The van der Waals surface area contributed by atoms with E-state index in [9.17, 15) is 0 Å². The first-order valence-electron chi connectivity index (χ1n) is 8.02. The van der Waals surface area contributed by atoms with Crippen molar-refractivity contribution in [1.82, 2.24) is 4.90 Å². The fourth-order valence-electron chi connectivity index (χ4n) is 3.43. The van der Waals surface area contributed by atoms with Crippen molar-refractivity contribution in [2.24, 2.45) is 17.1 Å². The normalized spacial score (nSPS) is 25.9. The lowest BCUT2D eigenvalue weighted by Crippen LogP contribution is -2.45. The maximum absolute atomic E-state index is 6.37. The van der Waals surface area contributed by atoms with E-state index in [4.69, 9.17) is 5.73 Å². The topological polar surface area (TPSA) is 29.3 Å². The molecule has 1 aromatic carbocycles. The third-order valence-electron chi connectivity index (χ3n) is 4.76. The molecule has 0 radical (unpaired) electrons. The molecule has 0 heterocycles. The average Bonchev–Trinajstić information content (AvgIpc) is 2.43. The van der Waals surface area contributed by atoms with E-state index >= 15 is 0 Å². The van der Waals surface area contributed by atoms with Crippen LogP contribution in [0.25, 0.3) is 0 Å². The number of benzene rings is 1. The van der Waals surface area contributed by atoms with Crippen LogP contribution in [0.4, 0.5) is 0 Å². The van der Waals surface area contributed by atoms with E-state index in [2.05, 4.69) is 56.0 Å². The molecule has 2 heteroatoms. The summed E-state index contributed by atoms with van der Waals surface area (Å²) in [6.45, 7) is 10.3. The molecule has 0 bridgehead atoms. The fraction of sp³-hybridized carbons (Fsp3) is 0.667. The van der Waals surface area contributed by atoms with Crippen LogP contribution in [-0.2, 0) is 6.54 Å². The Morgan fingerprint density at radius 3 is 2.60 bits per heavy atom. The second-order valence-electron chi connectivity index (χ2n) is 7.14. The van der Waals surface area contributed by atoms with Crippen molar-refractivity contribution in [1.29, 1.82) is 0 Å². The predicted octanol–water partition coefficient (Wildman–Crippen LogP) is 3.66. The lowest BCUT2D eigenvalue weighted by atomic mass is 9.70. The van der Waals surface area contributed by atoms with Crippen LogP contribution < -0.4 is 5.73 Å². The van der Waals surface area contributed by atoms with Gasteiger partial charge in [0, 0.05) is 19.1 Å². The molecule has 1 aliphatic rings. The Balaban J connectivity index is 1.95. The van der Waals surface area contributed by atoms with Gasteiger partial charge in [0.1, 0.15) is 0 Å². The van der Waals surface area contributed by atoms with Gasteiger partial charge < -0.3 is 5.73 Å². The van der Waals surface area contributed by atoms with Crippen molar-refractivity contribution in [3.05, 3.63) is 35.9 Å². The van der Waals surface area contributed by atoms with Gasteiger partial charge >= 0.3 is 0 Å². The van der Waals surface area contributed by atoms with Gasteiger partial charge in [-0.25, -0.2) is 0 Å². The molecule has 2 N–H and O–H groups in total. The molecule has 0 aliphatic heterocycles. The minimum atomic E-state index is 0.382. The maximum atomic E-state index is 6.37. The number of hydrogen-bond acceptors (Lipinski definition) is 2. The molecule has 0 amide bonds. The van der Waals surface area contributed by atoms with Crippen LogP contribution in [0.1, 0.15) is 45.6 Å². The van der Waals surface area contributed by atoms with E-state index in [1.54, 1.807) is 0 Å². The highest BCUT2D eigenvalue weighted by Gasteiger charge is 2.33. The van der Waals surface area contributed by atoms with Gasteiger partial charge in [-0.3, -0.25) is 4.90 Å². The van der Waals surface area contributed by atoms with Gasteiger partial charge in [-0.2, -0.15) is 0 Å². The molecule has 0 saturated heterocycles. The first-order chi connectivity index (χ1) is 9.50. The summed E-state index contributed by atoms with van der Waals surface area (Å²) in [5.41, 5.74) is 8.24. The van der Waals surface area contributed by atoms with Crippen LogP contribution in [0, 0.1) is 11.3 Å². The van der Waals surface area contributed by atoms with Gasteiger partial charge in [0.2, 0.25) is 0 Å². The standard InChI is InChI=1S/C18H30N2/c1-4-20(13-15-8-6-5-7-9-15)14-16-12-18(2,3)11-10-17(16)19/h5-9,16-17H,4,10-14,19H2,1-3H3. The smallest absolute Gasteiger partial charge is 0.0233 e. The molecular formula is C18H30N2. The number of nitrogens with zero attached hydrogens (tertiary/aromatic N) is 1. The summed E-state index contributed by atoms with van der Waals surface area (Å²) < 4.78 is 0. The van der Waals surface area contributed by atoms with Crippen molar-refractivity contribution in [2.75, 3.05) is 13.1 Å².